The van der Waals surface area contributed by atoms with Gasteiger partial charge in [-0.2, -0.15) is 0 Å². The molecule has 2 atom stereocenters. The Labute approximate surface area is 344 Å². The van der Waals surface area contributed by atoms with E-state index in [1.54, 1.807) is 6.08 Å². The highest BCUT2D eigenvalue weighted by Gasteiger charge is 2.26. The lowest BCUT2D eigenvalue weighted by molar-refractivity contribution is -0.870. The zero-order valence-electron chi connectivity index (χ0n) is 36.6. The van der Waals surface area contributed by atoms with Gasteiger partial charge in [0.25, 0.3) is 0 Å². The van der Waals surface area contributed by atoms with E-state index >= 15 is 0 Å². The topological polar surface area (TPSA) is 91.3 Å². The molecular formula is C47H85NO7P+. The zero-order valence-corrected chi connectivity index (χ0v) is 37.5. The minimum atomic E-state index is -4.30. The molecule has 0 aromatic rings. The van der Waals surface area contributed by atoms with E-state index in [2.05, 4.69) is 74.6 Å². The van der Waals surface area contributed by atoms with Crippen LogP contribution in [0.5, 0.6) is 0 Å². The minimum absolute atomic E-state index is 0.0685. The van der Waals surface area contributed by atoms with Crippen molar-refractivity contribution in [3.05, 3.63) is 72.9 Å². The maximum Gasteiger partial charge on any atom is 0.472 e. The van der Waals surface area contributed by atoms with Crippen molar-refractivity contribution in [1.29, 1.82) is 0 Å². The summed E-state index contributed by atoms with van der Waals surface area (Å²) >= 11 is 0. The van der Waals surface area contributed by atoms with Crippen molar-refractivity contribution in [3.63, 3.8) is 0 Å². The summed E-state index contributed by atoms with van der Waals surface area (Å²) in [6.45, 7) is 5.35. The molecule has 0 saturated carbocycles. The highest BCUT2D eigenvalue weighted by molar-refractivity contribution is 7.47. The number of hydrogen-bond acceptors (Lipinski definition) is 6. The SMILES string of the molecule is CC/C=C\C/C=C\C/C=C\C/C=C\C/C=C\CC(=O)OC(COCCCCCCCCCC/C=C\CCCCCCCCC)COP(=O)(O)OCC[N+](C)(C)C. The molecule has 0 aromatic carbocycles. The molecule has 0 rings (SSSR count). The first-order valence-corrected chi connectivity index (χ1v) is 23.7. The summed E-state index contributed by atoms with van der Waals surface area (Å²) in [5.74, 6) is -0.443. The van der Waals surface area contributed by atoms with E-state index in [4.69, 9.17) is 18.5 Å². The highest BCUT2D eigenvalue weighted by Crippen LogP contribution is 2.43. The highest BCUT2D eigenvalue weighted by atomic mass is 31.2. The van der Waals surface area contributed by atoms with Gasteiger partial charge in [-0.3, -0.25) is 13.8 Å². The number of phosphoric acid groups is 1. The van der Waals surface area contributed by atoms with Crippen LogP contribution in [0.2, 0.25) is 0 Å². The lowest BCUT2D eigenvalue weighted by Gasteiger charge is -2.24. The first-order valence-electron chi connectivity index (χ1n) is 22.2. The standard InChI is InChI=1S/C47H84NO7P/c1-6-8-10-12-14-16-18-20-22-23-24-25-27-29-31-33-35-37-39-42-52-44-46(45-54-56(50,51)53-43-41-48(3,4)5)55-47(49)40-38-36-34-32-30-28-26-21-19-17-15-13-11-9-7-2/h9,11,15,17,21-23,26,30,32,36,38,46H,6-8,10,12-14,16,18-20,24-25,27-29,31,33-35,37,39-45H2,1-5H3/p+1/b11-9-,17-15-,23-22-,26-21-,32-30-,38-36-. The van der Waals surface area contributed by atoms with Crippen LogP contribution >= 0.6 is 7.82 Å². The van der Waals surface area contributed by atoms with Crippen LogP contribution in [-0.2, 0) is 27.9 Å². The van der Waals surface area contributed by atoms with E-state index in [0.29, 0.717) is 17.6 Å². The molecule has 0 spiro atoms. The molecule has 56 heavy (non-hydrogen) atoms. The Hall–Kier alpha value is -2.06. The second kappa shape index (κ2) is 39.8. The molecule has 324 valence electrons. The van der Waals surface area contributed by atoms with Crippen molar-refractivity contribution in [2.75, 3.05) is 54.1 Å². The number of esters is 1. The van der Waals surface area contributed by atoms with Crippen LogP contribution < -0.4 is 0 Å². The Bertz CT molecular complexity index is 1120. The fourth-order valence-corrected chi connectivity index (χ4v) is 6.36. The number of nitrogens with zero attached hydrogens (tertiary/aromatic N) is 1. The number of rotatable bonds is 40. The van der Waals surface area contributed by atoms with Gasteiger partial charge < -0.3 is 18.9 Å². The molecule has 0 saturated heterocycles. The molecule has 0 heterocycles. The summed E-state index contributed by atoms with van der Waals surface area (Å²) in [5.41, 5.74) is 0. The average molecular weight is 807 g/mol. The van der Waals surface area contributed by atoms with Gasteiger partial charge in [0.2, 0.25) is 0 Å². The van der Waals surface area contributed by atoms with Crippen molar-refractivity contribution < 1.29 is 37.3 Å². The number of hydrogen-bond donors (Lipinski definition) is 1. The molecule has 8 nitrogen and oxygen atoms in total. The zero-order chi connectivity index (χ0) is 41.3. The van der Waals surface area contributed by atoms with E-state index in [-0.39, 0.29) is 26.2 Å². The minimum Gasteiger partial charge on any atom is -0.457 e. The maximum absolute atomic E-state index is 12.6. The van der Waals surface area contributed by atoms with Gasteiger partial charge in [-0.1, -0.05) is 164 Å². The van der Waals surface area contributed by atoms with E-state index in [0.717, 1.165) is 44.9 Å². The second-order valence-corrected chi connectivity index (χ2v) is 17.2. The predicted molar refractivity (Wildman–Crippen MR) is 238 cm³/mol. The predicted octanol–water partition coefficient (Wildman–Crippen LogP) is 13.1. The van der Waals surface area contributed by atoms with Crippen LogP contribution in [0.3, 0.4) is 0 Å². The summed E-state index contributed by atoms with van der Waals surface area (Å²) < 4.78 is 34.8. The first kappa shape index (κ1) is 53.9. The number of unbranched alkanes of at least 4 members (excludes halogenated alkanes) is 15. The number of likely N-dealkylation sites (N-methyl/N-ethyl adjacent to an activating group) is 1. The Morgan fingerprint density at radius 1 is 0.571 bits per heavy atom. The Kier molecular flexibility index (Phi) is 38.3. The largest absolute Gasteiger partial charge is 0.472 e. The van der Waals surface area contributed by atoms with Crippen LogP contribution in [-0.4, -0.2) is 75.6 Å². The third-order valence-electron chi connectivity index (χ3n) is 9.03. The molecule has 1 N–H and O–H groups in total. The summed E-state index contributed by atoms with van der Waals surface area (Å²) in [7, 11) is 1.60. The Morgan fingerprint density at radius 3 is 1.54 bits per heavy atom. The van der Waals surface area contributed by atoms with Gasteiger partial charge in [-0.15, -0.1) is 0 Å². The van der Waals surface area contributed by atoms with Gasteiger partial charge in [0.1, 0.15) is 19.3 Å². The van der Waals surface area contributed by atoms with Gasteiger partial charge in [0.15, 0.2) is 0 Å². The van der Waals surface area contributed by atoms with Crippen LogP contribution in [0.15, 0.2) is 72.9 Å². The van der Waals surface area contributed by atoms with Crippen LogP contribution in [0.4, 0.5) is 0 Å². The Balaban J connectivity index is 4.34. The lowest BCUT2D eigenvalue weighted by atomic mass is 10.1. The van der Waals surface area contributed by atoms with Crippen molar-refractivity contribution in [3.8, 4) is 0 Å². The Morgan fingerprint density at radius 2 is 1.04 bits per heavy atom. The molecule has 0 bridgehead atoms. The van der Waals surface area contributed by atoms with Crippen LogP contribution in [0.25, 0.3) is 0 Å². The molecular weight excluding hydrogens is 721 g/mol. The molecule has 0 aliphatic heterocycles. The second-order valence-electron chi connectivity index (χ2n) is 15.7. The van der Waals surface area contributed by atoms with Crippen LogP contribution in [0.1, 0.15) is 162 Å². The molecule has 0 radical (unpaired) electrons. The van der Waals surface area contributed by atoms with Gasteiger partial charge >= 0.3 is 13.8 Å². The van der Waals surface area contributed by atoms with Crippen molar-refractivity contribution >= 4 is 13.8 Å². The monoisotopic (exact) mass is 807 g/mol. The number of quaternary nitrogens is 1. The van der Waals surface area contributed by atoms with E-state index in [1.165, 1.54) is 96.3 Å². The molecule has 9 heteroatoms. The fraction of sp³-hybridized carbons (Fsp3) is 0.723. The number of ether oxygens (including phenoxy) is 2. The molecule has 0 aliphatic rings. The summed E-state index contributed by atoms with van der Waals surface area (Å²) in [4.78, 5) is 22.8. The maximum atomic E-state index is 12.6. The summed E-state index contributed by atoms with van der Waals surface area (Å²) in [5, 5.41) is 0. The third kappa shape index (κ3) is 43.1. The van der Waals surface area contributed by atoms with Crippen LogP contribution in [0, 0.1) is 0 Å². The number of carbonyl (C=O) groups is 1. The fourth-order valence-electron chi connectivity index (χ4n) is 5.62. The quantitative estimate of drug-likeness (QED) is 0.0217. The third-order valence-corrected chi connectivity index (χ3v) is 10.0. The van der Waals surface area contributed by atoms with Crippen molar-refractivity contribution in [2.24, 2.45) is 0 Å². The molecule has 0 fully saturated rings. The molecule has 0 aromatic heterocycles. The normalized spacial score (nSPS) is 14.5. The van der Waals surface area contributed by atoms with Crippen molar-refractivity contribution in [2.45, 2.75) is 168 Å². The van der Waals surface area contributed by atoms with E-state index in [1.807, 2.05) is 27.2 Å². The van der Waals surface area contributed by atoms with Gasteiger partial charge in [0.05, 0.1) is 40.8 Å². The number of allylic oxidation sites excluding steroid dienone is 11. The van der Waals surface area contributed by atoms with Gasteiger partial charge in [-0.05, 0) is 64.2 Å². The first-order chi connectivity index (χ1) is 27.1. The van der Waals surface area contributed by atoms with Gasteiger partial charge in [-0.25, -0.2) is 4.57 Å². The lowest BCUT2D eigenvalue weighted by Crippen LogP contribution is -2.37. The summed E-state index contributed by atoms with van der Waals surface area (Å²) in [6, 6.07) is 0. The molecule has 0 aliphatic carbocycles. The average Bonchev–Trinajstić information content (AvgIpc) is 3.15. The molecule has 0 amide bonds. The van der Waals surface area contributed by atoms with E-state index in [9.17, 15) is 14.3 Å². The molecule has 2 unspecified atom stereocenters. The smallest absolute Gasteiger partial charge is 0.457 e. The van der Waals surface area contributed by atoms with Crippen molar-refractivity contribution in [1.82, 2.24) is 0 Å². The number of phosphoric ester groups is 1. The summed E-state index contributed by atoms with van der Waals surface area (Å²) in [6.07, 6.45) is 51.1. The van der Waals surface area contributed by atoms with Gasteiger partial charge in [0, 0.05) is 6.61 Å². The van der Waals surface area contributed by atoms with E-state index < -0.39 is 19.9 Å². The number of carbonyl (C=O) groups excluding carboxylic acids is 1.